The molecule has 0 fully saturated rings. The average Bonchev–Trinajstić information content (AvgIpc) is 2.51. The summed E-state index contributed by atoms with van der Waals surface area (Å²) in [6.07, 6.45) is 3.93. The van der Waals surface area contributed by atoms with Crippen LogP contribution in [0.1, 0.15) is 25.5 Å². The molecule has 4 nitrogen and oxygen atoms in total. The van der Waals surface area contributed by atoms with Crippen LogP contribution in [-0.4, -0.2) is 16.5 Å². The molecule has 0 saturated carbocycles. The van der Waals surface area contributed by atoms with E-state index in [4.69, 9.17) is 5.73 Å². The predicted molar refractivity (Wildman–Crippen MR) is 55.6 cm³/mol. The van der Waals surface area contributed by atoms with Crippen LogP contribution in [0.2, 0.25) is 0 Å². The van der Waals surface area contributed by atoms with Crippen molar-refractivity contribution in [1.29, 1.82) is 0 Å². The van der Waals surface area contributed by atoms with Crippen LogP contribution in [0.3, 0.4) is 0 Å². The van der Waals surface area contributed by atoms with Gasteiger partial charge in [0.15, 0.2) is 0 Å². The van der Waals surface area contributed by atoms with E-state index < -0.39 is 6.04 Å². The highest BCUT2D eigenvalue weighted by molar-refractivity contribution is 5.81. The molecule has 4 heteroatoms. The number of nitrogens with zero attached hydrogens (tertiary/aromatic N) is 1. The standard InChI is InChI=1S/C10H17N3O/c1-7(11)10(14)12-8(2)9-4-5-13(3)6-9/h4-8H,11H2,1-3H3,(H,12,14). The molecule has 14 heavy (non-hydrogen) atoms. The molecule has 0 spiro atoms. The molecule has 2 atom stereocenters. The maximum Gasteiger partial charge on any atom is 0.237 e. The number of aromatic nitrogens is 1. The van der Waals surface area contributed by atoms with E-state index in [0.29, 0.717) is 0 Å². The zero-order chi connectivity index (χ0) is 10.7. The number of hydrogen-bond acceptors (Lipinski definition) is 2. The molecule has 1 aromatic heterocycles. The van der Waals surface area contributed by atoms with Crippen molar-refractivity contribution >= 4 is 5.91 Å². The molecule has 1 heterocycles. The van der Waals surface area contributed by atoms with Crippen molar-refractivity contribution in [3.05, 3.63) is 24.0 Å². The van der Waals surface area contributed by atoms with Crippen molar-refractivity contribution in [2.45, 2.75) is 25.9 Å². The lowest BCUT2D eigenvalue weighted by Gasteiger charge is -2.14. The van der Waals surface area contributed by atoms with E-state index in [1.165, 1.54) is 0 Å². The number of aryl methyl sites for hydroxylation is 1. The average molecular weight is 195 g/mol. The largest absolute Gasteiger partial charge is 0.357 e. The minimum atomic E-state index is -0.457. The first-order valence-electron chi connectivity index (χ1n) is 4.68. The fraction of sp³-hybridized carbons (Fsp3) is 0.500. The Bertz CT molecular complexity index is 317. The molecule has 78 valence electrons. The SMILES string of the molecule is CC(N)C(=O)NC(C)c1ccn(C)c1. The highest BCUT2D eigenvalue weighted by Gasteiger charge is 2.12. The van der Waals surface area contributed by atoms with Crippen LogP contribution >= 0.6 is 0 Å². The van der Waals surface area contributed by atoms with Crippen molar-refractivity contribution < 1.29 is 4.79 Å². The summed E-state index contributed by atoms with van der Waals surface area (Å²) in [5.41, 5.74) is 6.53. The second-order valence-electron chi connectivity index (χ2n) is 3.63. The number of carbonyl (C=O) groups excluding carboxylic acids is 1. The Hall–Kier alpha value is -1.29. The number of rotatable bonds is 3. The van der Waals surface area contributed by atoms with E-state index in [2.05, 4.69) is 5.32 Å². The second kappa shape index (κ2) is 4.28. The summed E-state index contributed by atoms with van der Waals surface area (Å²) in [6.45, 7) is 3.61. The second-order valence-corrected chi connectivity index (χ2v) is 3.63. The van der Waals surface area contributed by atoms with Gasteiger partial charge in [-0.05, 0) is 25.5 Å². The van der Waals surface area contributed by atoms with Crippen LogP contribution in [-0.2, 0) is 11.8 Å². The smallest absolute Gasteiger partial charge is 0.237 e. The van der Waals surface area contributed by atoms with Crippen LogP contribution in [0.5, 0.6) is 0 Å². The van der Waals surface area contributed by atoms with E-state index in [9.17, 15) is 4.79 Å². The van der Waals surface area contributed by atoms with Gasteiger partial charge in [-0.3, -0.25) is 4.79 Å². The molecule has 0 aromatic carbocycles. The summed E-state index contributed by atoms with van der Waals surface area (Å²) in [6, 6.07) is 1.53. The first kappa shape index (κ1) is 10.8. The van der Waals surface area contributed by atoms with Crippen molar-refractivity contribution in [2.24, 2.45) is 12.8 Å². The van der Waals surface area contributed by atoms with Gasteiger partial charge < -0.3 is 15.6 Å². The first-order valence-corrected chi connectivity index (χ1v) is 4.68. The third-order valence-corrected chi connectivity index (χ3v) is 2.13. The van der Waals surface area contributed by atoms with Crippen molar-refractivity contribution in [3.8, 4) is 0 Å². The van der Waals surface area contributed by atoms with Gasteiger partial charge in [-0.1, -0.05) is 0 Å². The first-order chi connectivity index (χ1) is 6.50. The molecule has 1 aromatic rings. The lowest BCUT2D eigenvalue weighted by Crippen LogP contribution is -2.39. The fourth-order valence-electron chi connectivity index (χ4n) is 1.21. The van der Waals surface area contributed by atoms with E-state index >= 15 is 0 Å². The van der Waals surface area contributed by atoms with Crippen LogP contribution < -0.4 is 11.1 Å². The Kier molecular flexibility index (Phi) is 3.30. The highest BCUT2D eigenvalue weighted by Crippen LogP contribution is 2.11. The molecule has 1 rings (SSSR count). The molecule has 2 unspecified atom stereocenters. The van der Waals surface area contributed by atoms with Crippen LogP contribution in [0.25, 0.3) is 0 Å². The van der Waals surface area contributed by atoms with Crippen molar-refractivity contribution in [3.63, 3.8) is 0 Å². The maximum absolute atomic E-state index is 11.3. The van der Waals surface area contributed by atoms with Gasteiger partial charge in [0.25, 0.3) is 0 Å². The zero-order valence-electron chi connectivity index (χ0n) is 8.82. The van der Waals surface area contributed by atoms with Gasteiger partial charge >= 0.3 is 0 Å². The van der Waals surface area contributed by atoms with Crippen LogP contribution in [0.15, 0.2) is 18.5 Å². The van der Waals surface area contributed by atoms with E-state index in [-0.39, 0.29) is 11.9 Å². The Labute approximate surface area is 84.1 Å². The van der Waals surface area contributed by atoms with Crippen LogP contribution in [0.4, 0.5) is 0 Å². The van der Waals surface area contributed by atoms with E-state index in [1.54, 1.807) is 6.92 Å². The van der Waals surface area contributed by atoms with Gasteiger partial charge in [0.05, 0.1) is 12.1 Å². The lowest BCUT2D eigenvalue weighted by molar-refractivity contribution is -0.122. The quantitative estimate of drug-likeness (QED) is 0.740. The minimum absolute atomic E-state index is 0.00898. The highest BCUT2D eigenvalue weighted by atomic mass is 16.2. The molecule has 3 N–H and O–H groups in total. The van der Waals surface area contributed by atoms with Crippen molar-refractivity contribution in [1.82, 2.24) is 9.88 Å². The number of hydrogen-bond donors (Lipinski definition) is 2. The van der Waals surface area contributed by atoms with E-state index in [1.807, 2.05) is 37.0 Å². The van der Waals surface area contributed by atoms with Gasteiger partial charge in [0, 0.05) is 19.4 Å². The zero-order valence-corrected chi connectivity index (χ0v) is 8.82. The van der Waals surface area contributed by atoms with Crippen molar-refractivity contribution in [2.75, 3.05) is 0 Å². The predicted octanol–water partition coefficient (Wildman–Crippen LogP) is 0.549. The Morgan fingerprint density at radius 1 is 1.57 bits per heavy atom. The molecule has 0 saturated heterocycles. The van der Waals surface area contributed by atoms with Gasteiger partial charge in [-0.2, -0.15) is 0 Å². The molecule has 0 aliphatic heterocycles. The molecule has 0 bridgehead atoms. The van der Waals surface area contributed by atoms with Gasteiger partial charge in [-0.15, -0.1) is 0 Å². The Morgan fingerprint density at radius 2 is 2.21 bits per heavy atom. The third kappa shape index (κ3) is 2.60. The van der Waals surface area contributed by atoms with Gasteiger partial charge in [0.1, 0.15) is 0 Å². The fourth-order valence-corrected chi connectivity index (χ4v) is 1.21. The topological polar surface area (TPSA) is 60.1 Å². The van der Waals surface area contributed by atoms with Gasteiger partial charge in [0.2, 0.25) is 5.91 Å². The summed E-state index contributed by atoms with van der Waals surface area (Å²) < 4.78 is 1.95. The number of carbonyl (C=O) groups is 1. The summed E-state index contributed by atoms with van der Waals surface area (Å²) in [5.74, 6) is -0.124. The molecule has 1 amide bonds. The molecular weight excluding hydrogens is 178 g/mol. The minimum Gasteiger partial charge on any atom is -0.357 e. The monoisotopic (exact) mass is 195 g/mol. The lowest BCUT2D eigenvalue weighted by atomic mass is 10.1. The summed E-state index contributed by atoms with van der Waals surface area (Å²) in [5, 5.41) is 2.83. The Balaban J connectivity index is 2.59. The summed E-state index contributed by atoms with van der Waals surface area (Å²) >= 11 is 0. The van der Waals surface area contributed by atoms with E-state index in [0.717, 1.165) is 5.56 Å². The maximum atomic E-state index is 11.3. The normalized spacial score (nSPS) is 14.9. The molecular formula is C10H17N3O. The summed E-state index contributed by atoms with van der Waals surface area (Å²) in [4.78, 5) is 11.3. The molecule has 0 aliphatic rings. The van der Waals surface area contributed by atoms with Gasteiger partial charge in [-0.25, -0.2) is 0 Å². The third-order valence-electron chi connectivity index (χ3n) is 2.13. The summed E-state index contributed by atoms with van der Waals surface area (Å²) in [7, 11) is 1.95. The molecule has 0 radical (unpaired) electrons. The number of nitrogens with one attached hydrogen (secondary N) is 1. The number of nitrogens with two attached hydrogens (primary N) is 1. The Morgan fingerprint density at radius 3 is 2.64 bits per heavy atom. The van der Waals surface area contributed by atoms with Crippen LogP contribution in [0, 0.1) is 0 Å². The molecule has 0 aliphatic carbocycles. The number of amides is 1.